The molecule has 0 aromatic heterocycles. The van der Waals surface area contributed by atoms with Crippen molar-refractivity contribution in [2.45, 2.75) is 0 Å². The van der Waals surface area contributed by atoms with E-state index in [1.165, 1.54) is 0 Å². The first-order chi connectivity index (χ1) is 2.94. The van der Waals surface area contributed by atoms with Gasteiger partial charge in [0.1, 0.15) is 0 Å². The maximum atomic E-state index is 9.35. The van der Waals surface area contributed by atoms with Crippen LogP contribution in [0.25, 0.3) is 0 Å². The maximum absolute atomic E-state index is 9.35. The third-order valence-electron chi connectivity index (χ3n) is 0.270. The Kier molecular flexibility index (Phi) is 14.9. The van der Waals surface area contributed by atoms with Gasteiger partial charge in [0.05, 0.1) is 0 Å². The van der Waals surface area contributed by atoms with Crippen LogP contribution in [0.5, 0.6) is 0 Å². The molecule has 0 radical (unpaired) electrons. The average molecular weight is 201 g/mol. The Hall–Kier alpha value is 2.89. The topological polar surface area (TPSA) is 106 Å². The van der Waals surface area contributed by atoms with Crippen LogP contribution in [0.1, 0.15) is 0 Å². The zero-order valence-corrected chi connectivity index (χ0v) is 12.3. The van der Waals surface area contributed by atoms with Gasteiger partial charge < -0.3 is 20.1 Å². The van der Waals surface area contributed by atoms with Crippen LogP contribution in [0.15, 0.2) is 0 Å². The number of carbonyl (C=O) groups excluding carboxylic acids is 1. The summed E-state index contributed by atoms with van der Waals surface area (Å²) in [5.74, 6) is 0. The van der Waals surface area contributed by atoms with Crippen molar-refractivity contribution in [3.8, 4) is 0 Å². The molecule has 0 aliphatic rings. The summed E-state index contributed by atoms with van der Waals surface area (Å²) < 4.78 is 9.33. The van der Waals surface area contributed by atoms with Crippen molar-refractivity contribution in [2.75, 3.05) is 0 Å². The fourth-order valence-corrected chi connectivity index (χ4v) is 0. The minimum atomic E-state index is -5.10. The molecule has 2 N–H and O–H groups in total. The van der Waals surface area contributed by atoms with Gasteiger partial charge in [-0.05, 0) is 0 Å². The van der Waals surface area contributed by atoms with Crippen molar-refractivity contribution in [1.82, 2.24) is 0 Å². The smallest absolute Gasteiger partial charge is 0.804 e. The fraction of sp³-hybridized carbons (Fsp3) is 0. The van der Waals surface area contributed by atoms with E-state index in [1.807, 2.05) is 0 Å². The maximum Gasteiger partial charge on any atom is 1.00 e. The van der Waals surface area contributed by atoms with Crippen LogP contribution in [0.2, 0.25) is 0 Å². The van der Waals surface area contributed by atoms with Gasteiger partial charge in [-0.3, -0.25) is 4.79 Å². The average Bonchev–Trinajstić information content (AvgIpc) is 1.31. The molecular formula is CH2K2NO4P. The molecule has 9 heavy (non-hydrogen) atoms. The molecule has 0 aliphatic carbocycles. The van der Waals surface area contributed by atoms with Gasteiger partial charge in [0.2, 0.25) is 5.65 Å². The van der Waals surface area contributed by atoms with Crippen LogP contribution < -0.4 is 118 Å². The van der Waals surface area contributed by atoms with E-state index in [1.54, 1.807) is 0 Å². The zero-order chi connectivity index (χ0) is 6.08. The van der Waals surface area contributed by atoms with Gasteiger partial charge in [-0.2, -0.15) is 0 Å². The molecule has 5 nitrogen and oxygen atoms in total. The Morgan fingerprint density at radius 1 is 1.33 bits per heavy atom. The second-order valence-corrected chi connectivity index (χ2v) is 2.27. The minimum absolute atomic E-state index is 0. The van der Waals surface area contributed by atoms with Gasteiger partial charge in [-0.15, -0.1) is 0 Å². The molecule has 0 unspecified atom stereocenters. The number of hydrogen-bond donors (Lipinski definition) is 1. The van der Waals surface area contributed by atoms with Crippen molar-refractivity contribution in [1.29, 1.82) is 0 Å². The number of nitrogens with two attached hydrogens (primary N) is 1. The Morgan fingerprint density at radius 3 is 1.44 bits per heavy atom. The van der Waals surface area contributed by atoms with E-state index in [4.69, 9.17) is 0 Å². The summed E-state index contributed by atoms with van der Waals surface area (Å²) in [5.41, 5.74) is 2.23. The standard InChI is InChI=1S/CH4NO4P.2K/c2-1(3)7(4,5)6;;/h(H2,2,3)(H2,4,5,6);;/q;2*+1/p-2. The second-order valence-electron chi connectivity index (χ2n) is 0.836. The number of primary amides is 1. The minimum Gasteiger partial charge on any atom is -0.804 e. The van der Waals surface area contributed by atoms with E-state index < -0.39 is 13.2 Å². The van der Waals surface area contributed by atoms with E-state index in [0.717, 1.165) is 0 Å². The molecule has 0 aliphatic heterocycles. The van der Waals surface area contributed by atoms with E-state index in [2.05, 4.69) is 5.73 Å². The van der Waals surface area contributed by atoms with Gasteiger partial charge in [-0.1, -0.05) is 0 Å². The molecule has 42 valence electrons. The molecule has 0 aromatic rings. The summed E-state index contributed by atoms with van der Waals surface area (Å²) >= 11 is 0. The first kappa shape index (κ1) is 17.8. The molecule has 1 amide bonds. The summed E-state index contributed by atoms with van der Waals surface area (Å²) in [7, 11) is -5.10. The van der Waals surface area contributed by atoms with Gasteiger partial charge in [0.25, 0.3) is 0 Å². The Labute approximate surface area is 137 Å². The predicted octanol–water partition coefficient (Wildman–Crippen LogP) is -8.01. The van der Waals surface area contributed by atoms with E-state index in [9.17, 15) is 19.1 Å². The first-order valence-corrected chi connectivity index (χ1v) is 2.81. The molecule has 0 atom stereocenters. The van der Waals surface area contributed by atoms with Crippen molar-refractivity contribution < 1.29 is 122 Å². The van der Waals surface area contributed by atoms with Gasteiger partial charge in [-0.25, -0.2) is 0 Å². The first-order valence-electron chi connectivity index (χ1n) is 1.26. The fourth-order valence-electron chi connectivity index (χ4n) is 0. The molecule has 0 rings (SSSR count). The molecule has 0 bridgehead atoms. The summed E-state index contributed by atoms with van der Waals surface area (Å²) in [5, 5.41) is 0. The van der Waals surface area contributed by atoms with E-state index in [-0.39, 0.29) is 103 Å². The van der Waals surface area contributed by atoms with Gasteiger partial charge in [0, 0.05) is 7.60 Å². The van der Waals surface area contributed by atoms with E-state index >= 15 is 0 Å². The number of amides is 1. The number of carbonyl (C=O) groups is 1. The number of hydrogen-bond acceptors (Lipinski definition) is 4. The zero-order valence-electron chi connectivity index (χ0n) is 5.16. The molecule has 0 heterocycles. The van der Waals surface area contributed by atoms with Crippen LogP contribution in [0, 0.1) is 0 Å². The Balaban J connectivity index is -0.000000180. The van der Waals surface area contributed by atoms with Crippen LogP contribution in [-0.4, -0.2) is 5.65 Å². The van der Waals surface area contributed by atoms with Crippen LogP contribution in [0.3, 0.4) is 0 Å². The van der Waals surface area contributed by atoms with Crippen molar-refractivity contribution in [2.24, 2.45) is 5.73 Å². The predicted molar refractivity (Wildman–Crippen MR) is 17.2 cm³/mol. The molecule has 8 heteroatoms. The molecular weight excluding hydrogens is 199 g/mol. The quantitative estimate of drug-likeness (QED) is 0.336. The molecule has 0 aromatic carbocycles. The molecule has 0 spiro atoms. The Morgan fingerprint density at radius 2 is 1.44 bits per heavy atom. The Bertz CT molecular complexity index is 131. The summed E-state index contributed by atoms with van der Waals surface area (Å²) in [4.78, 5) is 28.0. The van der Waals surface area contributed by atoms with Crippen molar-refractivity contribution in [3.05, 3.63) is 0 Å². The molecule has 0 saturated heterocycles. The van der Waals surface area contributed by atoms with Gasteiger partial charge >= 0.3 is 103 Å². The number of rotatable bonds is 1. The summed E-state index contributed by atoms with van der Waals surface area (Å²) in [6.07, 6.45) is 0. The van der Waals surface area contributed by atoms with Crippen LogP contribution in [-0.2, 0) is 4.57 Å². The molecule has 0 saturated carbocycles. The summed E-state index contributed by atoms with van der Waals surface area (Å²) in [6.45, 7) is 0. The third kappa shape index (κ3) is 10.9. The largest absolute Gasteiger partial charge is 1.00 e. The van der Waals surface area contributed by atoms with Crippen LogP contribution in [0.4, 0.5) is 4.79 Å². The third-order valence-corrected chi connectivity index (χ3v) is 0.810. The normalized spacial score (nSPS) is 8.67. The van der Waals surface area contributed by atoms with Crippen molar-refractivity contribution in [3.63, 3.8) is 0 Å². The van der Waals surface area contributed by atoms with Gasteiger partial charge in [0.15, 0.2) is 0 Å². The second kappa shape index (κ2) is 7.54. The van der Waals surface area contributed by atoms with Crippen LogP contribution >= 0.6 is 7.60 Å². The monoisotopic (exact) mass is 201 g/mol. The molecule has 0 fully saturated rings. The van der Waals surface area contributed by atoms with E-state index in [0.29, 0.717) is 0 Å². The summed E-state index contributed by atoms with van der Waals surface area (Å²) in [6, 6.07) is 0. The SMILES string of the molecule is NC(=O)P(=O)([O-])[O-].[K+].[K+]. The van der Waals surface area contributed by atoms with Crippen molar-refractivity contribution >= 4 is 13.2 Å².